The summed E-state index contributed by atoms with van der Waals surface area (Å²) >= 11 is 5.82. The molecule has 0 atom stereocenters. The molecular formula is C16H15ClFNO2. The summed E-state index contributed by atoms with van der Waals surface area (Å²) in [7, 11) is 1.55. The van der Waals surface area contributed by atoms with Gasteiger partial charge in [0.15, 0.2) is 0 Å². The molecule has 0 N–H and O–H groups in total. The molecule has 0 aromatic heterocycles. The molecule has 0 spiro atoms. The van der Waals surface area contributed by atoms with Crippen molar-refractivity contribution in [2.75, 3.05) is 7.05 Å². The third kappa shape index (κ3) is 4.46. The van der Waals surface area contributed by atoms with Crippen molar-refractivity contribution in [1.82, 2.24) is 4.90 Å². The third-order valence-corrected chi connectivity index (χ3v) is 3.17. The van der Waals surface area contributed by atoms with Gasteiger partial charge in [-0.3, -0.25) is 0 Å². The van der Waals surface area contributed by atoms with Crippen molar-refractivity contribution >= 4 is 17.7 Å². The van der Waals surface area contributed by atoms with Crippen LogP contribution in [-0.4, -0.2) is 18.0 Å². The number of amides is 1. The standard InChI is InChI=1S/C16H15ClFNO2/c1-19(10-13-9-14(17)7-8-15(13)18)16(20)21-11-12-5-3-2-4-6-12/h2-9H,10-11H2,1H3. The second-order valence-corrected chi connectivity index (χ2v) is 5.07. The first kappa shape index (κ1) is 15.3. The molecule has 0 saturated heterocycles. The molecule has 2 rings (SSSR count). The van der Waals surface area contributed by atoms with Crippen molar-refractivity contribution in [2.24, 2.45) is 0 Å². The van der Waals surface area contributed by atoms with Crippen LogP contribution in [0.5, 0.6) is 0 Å². The van der Waals surface area contributed by atoms with Gasteiger partial charge in [-0.1, -0.05) is 41.9 Å². The molecule has 110 valence electrons. The molecule has 0 aliphatic heterocycles. The number of benzene rings is 2. The molecule has 0 aliphatic carbocycles. The highest BCUT2D eigenvalue weighted by Gasteiger charge is 2.13. The molecule has 0 heterocycles. The molecule has 0 radical (unpaired) electrons. The lowest BCUT2D eigenvalue weighted by atomic mass is 10.2. The van der Waals surface area contributed by atoms with E-state index in [4.69, 9.17) is 16.3 Å². The summed E-state index contributed by atoms with van der Waals surface area (Å²) in [5.41, 5.74) is 1.25. The number of hydrogen-bond donors (Lipinski definition) is 0. The van der Waals surface area contributed by atoms with E-state index < -0.39 is 11.9 Å². The van der Waals surface area contributed by atoms with Crippen LogP contribution in [0, 0.1) is 5.82 Å². The van der Waals surface area contributed by atoms with Crippen molar-refractivity contribution in [3.8, 4) is 0 Å². The van der Waals surface area contributed by atoms with E-state index in [0.29, 0.717) is 10.6 Å². The lowest BCUT2D eigenvalue weighted by Crippen LogP contribution is -2.27. The first-order chi connectivity index (χ1) is 10.1. The first-order valence-corrected chi connectivity index (χ1v) is 6.80. The maximum atomic E-state index is 13.6. The van der Waals surface area contributed by atoms with Gasteiger partial charge < -0.3 is 9.64 Å². The largest absolute Gasteiger partial charge is 0.445 e. The van der Waals surface area contributed by atoms with Gasteiger partial charge in [0.25, 0.3) is 0 Å². The van der Waals surface area contributed by atoms with Gasteiger partial charge >= 0.3 is 6.09 Å². The molecule has 5 heteroatoms. The highest BCUT2D eigenvalue weighted by atomic mass is 35.5. The smallest absolute Gasteiger partial charge is 0.410 e. The van der Waals surface area contributed by atoms with E-state index in [1.807, 2.05) is 30.3 Å². The highest BCUT2D eigenvalue weighted by Crippen LogP contribution is 2.16. The van der Waals surface area contributed by atoms with Crippen molar-refractivity contribution < 1.29 is 13.9 Å². The SMILES string of the molecule is CN(Cc1cc(Cl)ccc1F)C(=O)OCc1ccccc1. The number of carbonyl (C=O) groups excluding carboxylic acids is 1. The molecule has 2 aromatic rings. The zero-order valence-electron chi connectivity index (χ0n) is 11.6. The Morgan fingerprint density at radius 3 is 2.67 bits per heavy atom. The van der Waals surface area contributed by atoms with Gasteiger partial charge in [-0.2, -0.15) is 0 Å². The molecule has 0 aliphatic rings. The summed E-state index contributed by atoms with van der Waals surface area (Å²) in [5.74, 6) is -0.401. The summed E-state index contributed by atoms with van der Waals surface area (Å²) in [6, 6.07) is 13.6. The molecular weight excluding hydrogens is 293 g/mol. The Kier molecular flexibility index (Phi) is 5.17. The Bertz CT molecular complexity index is 619. The van der Waals surface area contributed by atoms with Crippen molar-refractivity contribution in [2.45, 2.75) is 13.2 Å². The molecule has 0 fully saturated rings. The van der Waals surface area contributed by atoms with Gasteiger partial charge in [-0.25, -0.2) is 9.18 Å². The zero-order chi connectivity index (χ0) is 15.2. The summed E-state index contributed by atoms with van der Waals surface area (Å²) < 4.78 is 18.8. The van der Waals surface area contributed by atoms with Gasteiger partial charge in [0.1, 0.15) is 12.4 Å². The summed E-state index contributed by atoms with van der Waals surface area (Å²) in [6.45, 7) is 0.280. The minimum absolute atomic E-state index is 0.0972. The Balaban J connectivity index is 1.92. The van der Waals surface area contributed by atoms with Crippen molar-refractivity contribution in [3.63, 3.8) is 0 Å². The second-order valence-electron chi connectivity index (χ2n) is 4.63. The number of nitrogens with zero attached hydrogens (tertiary/aromatic N) is 1. The average molecular weight is 308 g/mol. The average Bonchev–Trinajstić information content (AvgIpc) is 2.49. The van der Waals surface area contributed by atoms with Gasteiger partial charge in [0, 0.05) is 17.6 Å². The summed E-state index contributed by atoms with van der Waals surface area (Å²) in [5, 5.41) is 0.428. The summed E-state index contributed by atoms with van der Waals surface area (Å²) in [6.07, 6.45) is -0.516. The lowest BCUT2D eigenvalue weighted by Gasteiger charge is -2.17. The monoisotopic (exact) mass is 307 g/mol. The lowest BCUT2D eigenvalue weighted by molar-refractivity contribution is 0.102. The Morgan fingerprint density at radius 1 is 1.24 bits per heavy atom. The normalized spacial score (nSPS) is 10.2. The van der Waals surface area contributed by atoms with Gasteiger partial charge in [0.05, 0.1) is 6.54 Å². The molecule has 0 bridgehead atoms. The maximum Gasteiger partial charge on any atom is 0.410 e. The van der Waals surface area contributed by atoms with Crippen LogP contribution in [0.25, 0.3) is 0 Å². The first-order valence-electron chi connectivity index (χ1n) is 6.42. The van der Waals surface area contributed by atoms with Crippen molar-refractivity contribution in [3.05, 3.63) is 70.5 Å². The summed E-state index contributed by atoms with van der Waals surface area (Å²) in [4.78, 5) is 13.2. The Hall–Kier alpha value is -2.07. The molecule has 1 amide bonds. The molecule has 2 aromatic carbocycles. The second kappa shape index (κ2) is 7.09. The topological polar surface area (TPSA) is 29.5 Å². The molecule has 21 heavy (non-hydrogen) atoms. The van der Waals surface area contributed by atoms with E-state index in [9.17, 15) is 9.18 Å². The van der Waals surface area contributed by atoms with Gasteiger partial charge in [-0.05, 0) is 23.8 Å². The number of hydrogen-bond acceptors (Lipinski definition) is 2. The number of halogens is 2. The number of carbonyl (C=O) groups is 1. The fraction of sp³-hybridized carbons (Fsp3) is 0.188. The predicted octanol–water partition coefficient (Wildman–Crippen LogP) is 4.25. The maximum absolute atomic E-state index is 13.6. The third-order valence-electron chi connectivity index (χ3n) is 2.93. The minimum atomic E-state index is -0.516. The number of rotatable bonds is 4. The quantitative estimate of drug-likeness (QED) is 0.845. The van der Waals surface area contributed by atoms with E-state index in [1.165, 1.54) is 23.1 Å². The molecule has 0 saturated carbocycles. The zero-order valence-corrected chi connectivity index (χ0v) is 12.3. The van der Waals surface area contributed by atoms with Crippen LogP contribution in [0.15, 0.2) is 48.5 Å². The van der Waals surface area contributed by atoms with Gasteiger partial charge in [-0.15, -0.1) is 0 Å². The van der Waals surface area contributed by atoms with E-state index >= 15 is 0 Å². The van der Waals surface area contributed by atoms with Crippen LogP contribution >= 0.6 is 11.6 Å². The fourth-order valence-electron chi connectivity index (χ4n) is 1.81. The minimum Gasteiger partial charge on any atom is -0.445 e. The van der Waals surface area contributed by atoms with Crippen molar-refractivity contribution in [1.29, 1.82) is 0 Å². The van der Waals surface area contributed by atoms with Crippen LogP contribution in [-0.2, 0) is 17.9 Å². The van der Waals surface area contributed by atoms with E-state index in [1.54, 1.807) is 7.05 Å². The van der Waals surface area contributed by atoms with Crippen LogP contribution in [0.2, 0.25) is 5.02 Å². The number of ether oxygens (including phenoxy) is 1. The van der Waals surface area contributed by atoms with E-state index in [2.05, 4.69) is 0 Å². The molecule has 3 nitrogen and oxygen atoms in total. The highest BCUT2D eigenvalue weighted by molar-refractivity contribution is 6.30. The Labute approximate surface area is 127 Å². The Morgan fingerprint density at radius 2 is 1.95 bits per heavy atom. The van der Waals surface area contributed by atoms with Crippen LogP contribution < -0.4 is 0 Å². The van der Waals surface area contributed by atoms with Crippen LogP contribution in [0.1, 0.15) is 11.1 Å². The molecule has 0 unspecified atom stereocenters. The fourth-order valence-corrected chi connectivity index (χ4v) is 2.01. The predicted molar refractivity (Wildman–Crippen MR) is 79.5 cm³/mol. The van der Waals surface area contributed by atoms with Crippen LogP contribution in [0.3, 0.4) is 0 Å². The van der Waals surface area contributed by atoms with Crippen LogP contribution in [0.4, 0.5) is 9.18 Å². The van der Waals surface area contributed by atoms with E-state index in [0.717, 1.165) is 5.56 Å². The van der Waals surface area contributed by atoms with E-state index in [-0.39, 0.29) is 13.2 Å². The van der Waals surface area contributed by atoms with Gasteiger partial charge in [0.2, 0.25) is 0 Å².